The molecule has 0 saturated heterocycles. The van der Waals surface area contributed by atoms with Gasteiger partial charge in [0.25, 0.3) is 0 Å². The minimum Gasteiger partial charge on any atom is -0.399 e. The topological polar surface area (TPSA) is 56.7 Å². The van der Waals surface area contributed by atoms with E-state index in [1.807, 2.05) is 35.3 Å². The summed E-state index contributed by atoms with van der Waals surface area (Å²) in [6, 6.07) is 8.27. The van der Waals surface area contributed by atoms with Gasteiger partial charge in [-0.2, -0.15) is 5.10 Å². The molecule has 1 aliphatic rings. The second-order valence-corrected chi connectivity index (χ2v) is 5.76. The normalized spacial score (nSPS) is 22.9. The Bertz CT molecular complexity index is 567. The standard InChI is InChI=1S/C16H22N4/c1-2-12-6-8-15(9-7-12)20-11-18-16(19-20)13-4-3-5-14(17)10-13/h3-5,10-12,15H,2,6-9,17H2,1H3. The molecule has 20 heavy (non-hydrogen) atoms. The molecule has 3 rings (SSSR count). The monoisotopic (exact) mass is 270 g/mol. The number of benzene rings is 1. The Kier molecular flexibility index (Phi) is 3.72. The van der Waals surface area contributed by atoms with E-state index in [-0.39, 0.29) is 0 Å². The van der Waals surface area contributed by atoms with Crippen LogP contribution in [0, 0.1) is 5.92 Å². The summed E-state index contributed by atoms with van der Waals surface area (Å²) in [5, 5.41) is 4.65. The predicted octanol–water partition coefficient (Wildman–Crippen LogP) is 3.67. The molecule has 1 saturated carbocycles. The fourth-order valence-corrected chi connectivity index (χ4v) is 3.08. The van der Waals surface area contributed by atoms with Crippen LogP contribution in [-0.2, 0) is 0 Å². The summed E-state index contributed by atoms with van der Waals surface area (Å²) < 4.78 is 2.05. The van der Waals surface area contributed by atoms with Crippen LogP contribution >= 0.6 is 0 Å². The quantitative estimate of drug-likeness (QED) is 0.866. The lowest BCUT2D eigenvalue weighted by molar-refractivity contribution is 0.256. The van der Waals surface area contributed by atoms with Crippen molar-refractivity contribution in [3.63, 3.8) is 0 Å². The Hall–Kier alpha value is -1.84. The van der Waals surface area contributed by atoms with Crippen LogP contribution < -0.4 is 5.73 Å². The van der Waals surface area contributed by atoms with E-state index in [1.165, 1.54) is 32.1 Å². The van der Waals surface area contributed by atoms with Crippen molar-refractivity contribution in [1.29, 1.82) is 0 Å². The van der Waals surface area contributed by atoms with Gasteiger partial charge in [0.2, 0.25) is 0 Å². The molecule has 1 aromatic carbocycles. The summed E-state index contributed by atoms with van der Waals surface area (Å²) in [5.74, 6) is 1.68. The summed E-state index contributed by atoms with van der Waals surface area (Å²) in [5.41, 5.74) is 7.56. The molecule has 0 bridgehead atoms. The molecule has 0 atom stereocenters. The van der Waals surface area contributed by atoms with Crippen molar-refractivity contribution in [1.82, 2.24) is 14.8 Å². The van der Waals surface area contributed by atoms with Crippen molar-refractivity contribution in [3.8, 4) is 11.4 Å². The van der Waals surface area contributed by atoms with Gasteiger partial charge in [-0.3, -0.25) is 0 Å². The molecule has 1 aliphatic carbocycles. The van der Waals surface area contributed by atoms with Crippen LogP contribution in [-0.4, -0.2) is 14.8 Å². The van der Waals surface area contributed by atoms with Gasteiger partial charge in [-0.25, -0.2) is 9.67 Å². The average Bonchev–Trinajstić information content (AvgIpc) is 2.97. The molecule has 0 amide bonds. The van der Waals surface area contributed by atoms with Crippen LogP contribution in [0.3, 0.4) is 0 Å². The number of rotatable bonds is 3. The maximum absolute atomic E-state index is 5.81. The van der Waals surface area contributed by atoms with Crippen molar-refractivity contribution in [3.05, 3.63) is 30.6 Å². The zero-order valence-electron chi connectivity index (χ0n) is 12.0. The van der Waals surface area contributed by atoms with E-state index in [2.05, 4.69) is 17.0 Å². The summed E-state index contributed by atoms with van der Waals surface area (Å²) in [7, 11) is 0. The van der Waals surface area contributed by atoms with Crippen molar-refractivity contribution < 1.29 is 0 Å². The molecule has 0 spiro atoms. The zero-order chi connectivity index (χ0) is 13.9. The molecule has 2 aromatic rings. The highest BCUT2D eigenvalue weighted by Gasteiger charge is 2.22. The smallest absolute Gasteiger partial charge is 0.181 e. The van der Waals surface area contributed by atoms with Gasteiger partial charge in [-0.15, -0.1) is 0 Å². The summed E-state index contributed by atoms with van der Waals surface area (Å²) in [6.45, 7) is 2.29. The second-order valence-electron chi connectivity index (χ2n) is 5.76. The highest BCUT2D eigenvalue weighted by molar-refractivity contribution is 5.60. The van der Waals surface area contributed by atoms with E-state index in [0.29, 0.717) is 6.04 Å². The highest BCUT2D eigenvalue weighted by Crippen LogP contribution is 2.33. The first-order chi connectivity index (χ1) is 9.76. The molecule has 1 fully saturated rings. The molecular formula is C16H22N4. The maximum atomic E-state index is 5.81. The zero-order valence-corrected chi connectivity index (χ0v) is 12.0. The van der Waals surface area contributed by atoms with E-state index in [4.69, 9.17) is 5.73 Å². The molecule has 1 aromatic heterocycles. The van der Waals surface area contributed by atoms with Crippen LogP contribution in [0.5, 0.6) is 0 Å². The Morgan fingerprint density at radius 2 is 2.05 bits per heavy atom. The largest absolute Gasteiger partial charge is 0.399 e. The van der Waals surface area contributed by atoms with E-state index in [1.54, 1.807) is 0 Å². The lowest BCUT2D eigenvalue weighted by Gasteiger charge is -2.27. The van der Waals surface area contributed by atoms with Crippen molar-refractivity contribution >= 4 is 5.69 Å². The molecule has 4 heteroatoms. The third kappa shape index (κ3) is 2.69. The molecule has 106 valence electrons. The minimum absolute atomic E-state index is 0.514. The molecule has 2 N–H and O–H groups in total. The average molecular weight is 270 g/mol. The Morgan fingerprint density at radius 1 is 1.25 bits per heavy atom. The molecule has 0 aliphatic heterocycles. The number of nitrogens with zero attached hydrogens (tertiary/aromatic N) is 3. The number of anilines is 1. The molecule has 1 heterocycles. The lowest BCUT2D eigenvalue weighted by Crippen LogP contribution is -2.18. The van der Waals surface area contributed by atoms with Crippen LogP contribution in [0.1, 0.15) is 45.1 Å². The van der Waals surface area contributed by atoms with Gasteiger partial charge in [-0.05, 0) is 43.7 Å². The lowest BCUT2D eigenvalue weighted by atomic mass is 9.85. The Balaban J connectivity index is 1.74. The third-order valence-corrected chi connectivity index (χ3v) is 4.42. The first-order valence-corrected chi connectivity index (χ1v) is 7.53. The van der Waals surface area contributed by atoms with E-state index in [0.717, 1.165) is 23.0 Å². The van der Waals surface area contributed by atoms with Gasteiger partial charge in [0.1, 0.15) is 6.33 Å². The van der Waals surface area contributed by atoms with Gasteiger partial charge >= 0.3 is 0 Å². The first kappa shape index (κ1) is 13.2. The number of aromatic nitrogens is 3. The fourth-order valence-electron chi connectivity index (χ4n) is 3.08. The Labute approximate surface area is 120 Å². The third-order valence-electron chi connectivity index (χ3n) is 4.42. The van der Waals surface area contributed by atoms with Crippen LogP contribution in [0.15, 0.2) is 30.6 Å². The maximum Gasteiger partial charge on any atom is 0.181 e. The second kappa shape index (κ2) is 5.65. The summed E-state index contributed by atoms with van der Waals surface area (Å²) in [6.07, 6.45) is 8.24. The van der Waals surface area contributed by atoms with Crippen molar-refractivity contribution in [2.45, 2.75) is 45.1 Å². The van der Waals surface area contributed by atoms with Crippen LogP contribution in [0.2, 0.25) is 0 Å². The van der Waals surface area contributed by atoms with E-state index in [9.17, 15) is 0 Å². The highest BCUT2D eigenvalue weighted by atomic mass is 15.3. The van der Waals surface area contributed by atoms with E-state index < -0.39 is 0 Å². The van der Waals surface area contributed by atoms with Crippen LogP contribution in [0.4, 0.5) is 5.69 Å². The number of hydrogen-bond acceptors (Lipinski definition) is 3. The molecule has 0 radical (unpaired) electrons. The number of nitrogen functional groups attached to an aromatic ring is 1. The summed E-state index contributed by atoms with van der Waals surface area (Å²) in [4.78, 5) is 4.44. The number of nitrogens with two attached hydrogens (primary N) is 1. The summed E-state index contributed by atoms with van der Waals surface area (Å²) >= 11 is 0. The van der Waals surface area contributed by atoms with Gasteiger partial charge in [0.15, 0.2) is 5.82 Å². The molecular weight excluding hydrogens is 248 g/mol. The van der Waals surface area contributed by atoms with Crippen molar-refractivity contribution in [2.75, 3.05) is 5.73 Å². The first-order valence-electron chi connectivity index (χ1n) is 7.53. The van der Waals surface area contributed by atoms with Gasteiger partial charge in [0.05, 0.1) is 6.04 Å². The van der Waals surface area contributed by atoms with E-state index >= 15 is 0 Å². The Morgan fingerprint density at radius 3 is 2.75 bits per heavy atom. The molecule has 0 unspecified atom stereocenters. The van der Waals surface area contributed by atoms with Gasteiger partial charge in [0, 0.05) is 11.3 Å². The van der Waals surface area contributed by atoms with Crippen LogP contribution in [0.25, 0.3) is 11.4 Å². The van der Waals surface area contributed by atoms with Crippen molar-refractivity contribution in [2.24, 2.45) is 5.92 Å². The fraction of sp³-hybridized carbons (Fsp3) is 0.500. The number of hydrogen-bond donors (Lipinski definition) is 1. The van der Waals surface area contributed by atoms with Gasteiger partial charge in [-0.1, -0.05) is 25.5 Å². The minimum atomic E-state index is 0.514. The molecule has 4 nitrogen and oxygen atoms in total. The van der Waals surface area contributed by atoms with Gasteiger partial charge < -0.3 is 5.73 Å². The predicted molar refractivity (Wildman–Crippen MR) is 81.2 cm³/mol. The SMILES string of the molecule is CCC1CCC(n2cnc(-c3cccc(N)c3)n2)CC1.